The van der Waals surface area contributed by atoms with Crippen LogP contribution in [0, 0.1) is 21.7 Å². The number of hydrogen-bond donors (Lipinski definition) is 0. The molecule has 0 amide bonds. The van der Waals surface area contributed by atoms with E-state index in [-0.39, 0.29) is 0 Å². The predicted molar refractivity (Wildman–Crippen MR) is 80.9 cm³/mol. The second-order valence-electron chi connectivity index (χ2n) is 4.92. The summed E-state index contributed by atoms with van der Waals surface area (Å²) < 4.78 is 2.94. The molecule has 0 spiro atoms. The van der Waals surface area contributed by atoms with Crippen molar-refractivity contribution in [2.24, 2.45) is 11.8 Å². The molecule has 0 bridgehead atoms. The zero-order valence-corrected chi connectivity index (χ0v) is 12.7. The van der Waals surface area contributed by atoms with Crippen molar-refractivity contribution >= 4 is 28.9 Å². The normalized spacial score (nSPS) is 24.2. The van der Waals surface area contributed by atoms with E-state index in [0.29, 0.717) is 6.42 Å². The number of allylic oxidation sites excluding steroid dienone is 2. The minimum absolute atomic E-state index is 0.595. The molecule has 0 aromatic heterocycles. The van der Waals surface area contributed by atoms with Gasteiger partial charge in [0.1, 0.15) is 6.29 Å². The van der Waals surface area contributed by atoms with E-state index in [2.05, 4.69) is 45.4 Å². The van der Waals surface area contributed by atoms with Gasteiger partial charge in [-0.15, -0.1) is 0 Å². The summed E-state index contributed by atoms with van der Waals surface area (Å²) in [5.74, 6) is 4.84. The molecule has 2 atom stereocenters. The quantitative estimate of drug-likeness (QED) is 0.300. The molecule has 0 aliphatic heterocycles. The smallest absolute Gasteiger partial charge is 0.124 e. The second-order valence-corrected chi connectivity index (χ2v) is 5.46. The third-order valence-electron chi connectivity index (χ3n) is 3.70. The van der Waals surface area contributed by atoms with E-state index in [9.17, 15) is 4.79 Å². The lowest BCUT2D eigenvalue weighted by Crippen LogP contribution is -2.06. The van der Waals surface area contributed by atoms with Gasteiger partial charge in [-0.2, -0.15) is 0 Å². The van der Waals surface area contributed by atoms with Gasteiger partial charge in [0.05, 0.1) is 0 Å². The lowest BCUT2D eigenvalue weighted by Gasteiger charge is -2.17. The summed E-state index contributed by atoms with van der Waals surface area (Å²) in [6.45, 7) is 2.06. The van der Waals surface area contributed by atoms with Crippen LogP contribution in [0.1, 0.15) is 51.9 Å². The molecule has 1 nitrogen and oxygen atoms in total. The van der Waals surface area contributed by atoms with Gasteiger partial charge < -0.3 is 4.79 Å². The maximum atomic E-state index is 10.4. The molecule has 0 radical (unpaired) electrons. The van der Waals surface area contributed by atoms with Crippen LogP contribution in [0.25, 0.3) is 0 Å². The van der Waals surface area contributed by atoms with Crippen LogP contribution in [0.3, 0.4) is 0 Å². The van der Waals surface area contributed by atoms with Gasteiger partial charge >= 0.3 is 0 Å². The van der Waals surface area contributed by atoms with Crippen molar-refractivity contribution in [1.82, 2.24) is 0 Å². The third kappa shape index (κ3) is 5.72. The molecule has 0 aromatic carbocycles. The molecule has 0 heterocycles. The van der Waals surface area contributed by atoms with E-state index in [4.69, 9.17) is 0 Å². The van der Waals surface area contributed by atoms with Crippen LogP contribution in [0.2, 0.25) is 0 Å². The fourth-order valence-corrected chi connectivity index (χ4v) is 2.95. The first-order valence-corrected chi connectivity index (χ1v) is 7.53. The number of aldehydes is 1. The fraction of sp³-hybridized carbons (Fsp3) is 0.667. The van der Waals surface area contributed by atoms with Gasteiger partial charge in [-0.1, -0.05) is 30.4 Å². The Kier molecular flexibility index (Phi) is 7.59. The second kappa shape index (κ2) is 8.74. The summed E-state index contributed by atoms with van der Waals surface area (Å²) in [6.07, 6.45) is 11.4. The van der Waals surface area contributed by atoms with Crippen LogP contribution in [0.5, 0.6) is 0 Å². The SMILES string of the molecule is C/C(=C\C[C@H]1CCC[C@@H]1CCC#CI)CC=O. The van der Waals surface area contributed by atoms with Crippen LogP contribution in [0.15, 0.2) is 11.6 Å². The van der Waals surface area contributed by atoms with E-state index in [0.717, 1.165) is 31.0 Å². The summed E-state index contributed by atoms with van der Waals surface area (Å²) in [5, 5.41) is 0. The van der Waals surface area contributed by atoms with Crippen LogP contribution >= 0.6 is 22.6 Å². The molecule has 1 saturated carbocycles. The van der Waals surface area contributed by atoms with Gasteiger partial charge in [0.15, 0.2) is 0 Å². The minimum Gasteiger partial charge on any atom is -0.303 e. The summed E-state index contributed by atoms with van der Waals surface area (Å²) in [6, 6.07) is 0. The Labute approximate surface area is 119 Å². The molecule has 17 heavy (non-hydrogen) atoms. The molecule has 94 valence electrons. The Morgan fingerprint density at radius 1 is 1.41 bits per heavy atom. The monoisotopic (exact) mass is 344 g/mol. The van der Waals surface area contributed by atoms with E-state index in [1.165, 1.54) is 31.3 Å². The highest BCUT2D eigenvalue weighted by atomic mass is 127. The molecule has 0 saturated heterocycles. The summed E-state index contributed by atoms with van der Waals surface area (Å²) >= 11 is 2.11. The first kappa shape index (κ1) is 14.8. The van der Waals surface area contributed by atoms with Crippen molar-refractivity contribution in [2.45, 2.75) is 51.9 Å². The van der Waals surface area contributed by atoms with Crippen molar-refractivity contribution in [1.29, 1.82) is 0 Å². The van der Waals surface area contributed by atoms with Gasteiger partial charge in [-0.25, -0.2) is 0 Å². The van der Waals surface area contributed by atoms with Gasteiger partial charge in [-0.3, -0.25) is 0 Å². The Balaban J connectivity index is 2.37. The first-order valence-electron chi connectivity index (χ1n) is 6.45. The van der Waals surface area contributed by atoms with E-state index < -0.39 is 0 Å². The predicted octanol–water partition coefficient (Wildman–Crippen LogP) is 4.50. The topological polar surface area (TPSA) is 17.1 Å². The van der Waals surface area contributed by atoms with E-state index in [1.54, 1.807) is 0 Å². The molecule has 1 aliphatic carbocycles. The molecule has 0 unspecified atom stereocenters. The largest absolute Gasteiger partial charge is 0.303 e. The molecule has 1 fully saturated rings. The number of carbonyl (C=O) groups is 1. The highest BCUT2D eigenvalue weighted by molar-refractivity contribution is 14.1. The highest BCUT2D eigenvalue weighted by Crippen LogP contribution is 2.37. The third-order valence-corrected chi connectivity index (χ3v) is 4.08. The Bertz CT molecular complexity index is 322. The highest BCUT2D eigenvalue weighted by Gasteiger charge is 2.25. The van der Waals surface area contributed by atoms with Gasteiger partial charge in [-0.05, 0) is 41.9 Å². The fourth-order valence-electron chi connectivity index (χ4n) is 2.68. The lowest BCUT2D eigenvalue weighted by atomic mass is 9.88. The molecule has 1 aliphatic rings. The van der Waals surface area contributed by atoms with Gasteiger partial charge in [0.2, 0.25) is 0 Å². The maximum Gasteiger partial charge on any atom is 0.124 e. The summed E-state index contributed by atoms with van der Waals surface area (Å²) in [7, 11) is 0. The number of halogens is 1. The first-order chi connectivity index (χ1) is 8.27. The van der Waals surface area contributed by atoms with E-state index >= 15 is 0 Å². The Morgan fingerprint density at radius 3 is 2.88 bits per heavy atom. The zero-order valence-electron chi connectivity index (χ0n) is 10.5. The van der Waals surface area contributed by atoms with E-state index in [1.807, 2.05) is 0 Å². The average Bonchev–Trinajstić information content (AvgIpc) is 2.75. The number of carbonyl (C=O) groups excluding carboxylic acids is 1. The lowest BCUT2D eigenvalue weighted by molar-refractivity contribution is -0.107. The maximum absolute atomic E-state index is 10.4. The Morgan fingerprint density at radius 2 is 2.18 bits per heavy atom. The average molecular weight is 344 g/mol. The molecule has 1 rings (SSSR count). The van der Waals surface area contributed by atoms with Crippen molar-refractivity contribution in [3.63, 3.8) is 0 Å². The molecular weight excluding hydrogens is 323 g/mol. The Hall–Kier alpha value is -0.300. The van der Waals surface area contributed by atoms with Crippen LogP contribution in [-0.4, -0.2) is 6.29 Å². The molecular formula is C15H21IO. The van der Waals surface area contributed by atoms with Crippen molar-refractivity contribution < 1.29 is 4.79 Å². The number of rotatable bonds is 6. The number of hydrogen-bond acceptors (Lipinski definition) is 1. The minimum atomic E-state index is 0.595. The van der Waals surface area contributed by atoms with Crippen LogP contribution < -0.4 is 0 Å². The van der Waals surface area contributed by atoms with Gasteiger partial charge in [0, 0.05) is 35.4 Å². The molecule has 0 aromatic rings. The zero-order chi connectivity index (χ0) is 12.5. The van der Waals surface area contributed by atoms with Gasteiger partial charge in [0.25, 0.3) is 0 Å². The summed E-state index contributed by atoms with van der Waals surface area (Å²) in [5.41, 5.74) is 1.22. The van der Waals surface area contributed by atoms with Crippen molar-refractivity contribution in [3.05, 3.63) is 11.6 Å². The van der Waals surface area contributed by atoms with Crippen LogP contribution in [0.4, 0.5) is 0 Å². The standard InChI is InChI=1S/C15H21IO/c1-13(10-12-17)8-9-15-7-4-6-14(15)5-2-3-11-16/h8,12,14-15H,2,4-7,9-10H2,1H3/b13-8+/t14-,15+/m0/s1. The van der Waals surface area contributed by atoms with Crippen molar-refractivity contribution in [3.8, 4) is 9.85 Å². The summed E-state index contributed by atoms with van der Waals surface area (Å²) in [4.78, 5) is 10.4. The van der Waals surface area contributed by atoms with Crippen LogP contribution in [-0.2, 0) is 4.79 Å². The van der Waals surface area contributed by atoms with Crippen molar-refractivity contribution in [2.75, 3.05) is 0 Å². The molecule has 2 heteroatoms. The molecule has 0 N–H and O–H groups in total.